The fraction of sp³-hybridized carbons (Fsp3) is 0.429. The molecule has 0 amide bonds. The lowest BCUT2D eigenvalue weighted by atomic mass is 10.2. The van der Waals surface area contributed by atoms with Crippen molar-refractivity contribution in [2.24, 2.45) is 0 Å². The third-order valence-electron chi connectivity index (χ3n) is 4.70. The second-order valence-electron chi connectivity index (χ2n) is 6.59. The van der Waals surface area contributed by atoms with Crippen LogP contribution in [0.5, 0.6) is 0 Å². The van der Waals surface area contributed by atoms with E-state index in [0.29, 0.717) is 19.0 Å². The quantitative estimate of drug-likeness (QED) is 0.426. The summed E-state index contributed by atoms with van der Waals surface area (Å²) in [4.78, 5) is 10.5. The Kier molecular flexibility index (Phi) is 6.74. The van der Waals surface area contributed by atoms with Crippen LogP contribution in [0, 0.1) is 13.8 Å². The van der Waals surface area contributed by atoms with Crippen molar-refractivity contribution in [3.8, 4) is 0 Å². The van der Waals surface area contributed by atoms with Crippen molar-refractivity contribution in [3.63, 3.8) is 0 Å². The molecule has 2 heterocycles. The predicted octanol–water partition coefficient (Wildman–Crippen LogP) is 4.74. The molecule has 0 atom stereocenters. The molecule has 1 aromatic carbocycles. The van der Waals surface area contributed by atoms with Gasteiger partial charge >= 0.3 is 0 Å². The number of aryl methyl sites for hydroxylation is 3. The predicted molar refractivity (Wildman–Crippen MR) is 113 cm³/mol. The second-order valence-corrected chi connectivity index (χ2v) is 7.76. The average Bonchev–Trinajstić information content (AvgIpc) is 3.04. The van der Waals surface area contributed by atoms with Gasteiger partial charge in [0.15, 0.2) is 5.82 Å². The van der Waals surface area contributed by atoms with Gasteiger partial charge in [0, 0.05) is 23.7 Å². The van der Waals surface area contributed by atoms with Crippen LogP contribution >= 0.6 is 11.8 Å². The van der Waals surface area contributed by atoms with E-state index in [1.54, 1.807) is 0 Å². The maximum Gasteiger partial charge on any atom is 0.151 e. The van der Waals surface area contributed by atoms with E-state index in [0.717, 1.165) is 53.3 Å². The highest BCUT2D eigenvalue weighted by Crippen LogP contribution is 2.27. The molecule has 0 spiro atoms. The summed E-state index contributed by atoms with van der Waals surface area (Å²) in [5.74, 6) is 2.55. The van der Waals surface area contributed by atoms with Gasteiger partial charge in [0.1, 0.15) is 17.9 Å². The number of rotatable bonds is 9. The first kappa shape index (κ1) is 19.7. The van der Waals surface area contributed by atoms with Crippen molar-refractivity contribution >= 4 is 28.6 Å². The number of pyridine rings is 1. The molecule has 27 heavy (non-hydrogen) atoms. The molecule has 5 nitrogen and oxygen atoms in total. The molecule has 0 aliphatic rings. The SMILES string of the molecule is CCOCc1nc2c(N)nc(C)c(C)c2n1CCCCSc1ccccc1. The van der Waals surface area contributed by atoms with Crippen molar-refractivity contribution in [3.05, 3.63) is 47.4 Å². The number of imidazole rings is 1. The van der Waals surface area contributed by atoms with E-state index in [1.807, 2.05) is 25.6 Å². The van der Waals surface area contributed by atoms with Crippen LogP contribution in [0.2, 0.25) is 0 Å². The van der Waals surface area contributed by atoms with Gasteiger partial charge in [-0.25, -0.2) is 9.97 Å². The van der Waals surface area contributed by atoms with Crippen LogP contribution in [0.25, 0.3) is 11.0 Å². The normalized spacial score (nSPS) is 11.4. The molecule has 2 N–H and O–H groups in total. The van der Waals surface area contributed by atoms with Crippen LogP contribution in [0.3, 0.4) is 0 Å². The number of nitrogen functional groups attached to an aromatic ring is 1. The number of fused-ring (bicyclic) bond motifs is 1. The molecular weight excluding hydrogens is 356 g/mol. The smallest absolute Gasteiger partial charge is 0.151 e. The monoisotopic (exact) mass is 384 g/mol. The molecule has 3 rings (SSSR count). The minimum Gasteiger partial charge on any atom is -0.382 e. The van der Waals surface area contributed by atoms with Crippen molar-refractivity contribution in [2.75, 3.05) is 18.1 Å². The Bertz CT molecular complexity index is 892. The summed E-state index contributed by atoms with van der Waals surface area (Å²) >= 11 is 1.91. The number of hydrogen-bond donors (Lipinski definition) is 1. The van der Waals surface area contributed by atoms with Gasteiger partial charge in [0.2, 0.25) is 0 Å². The Hall–Kier alpha value is -2.05. The molecule has 6 heteroatoms. The van der Waals surface area contributed by atoms with E-state index in [1.165, 1.54) is 4.90 Å². The van der Waals surface area contributed by atoms with E-state index in [-0.39, 0.29) is 0 Å². The highest BCUT2D eigenvalue weighted by Gasteiger charge is 2.17. The highest BCUT2D eigenvalue weighted by atomic mass is 32.2. The standard InChI is InChI=1S/C21H28N4OS/c1-4-26-14-18-24-19-20(15(2)16(3)23-21(19)22)25(18)12-8-9-13-27-17-10-6-5-7-11-17/h5-7,10-11H,4,8-9,12-14H2,1-3H3,(H2,22,23). The third-order valence-corrected chi connectivity index (χ3v) is 5.80. The van der Waals surface area contributed by atoms with Gasteiger partial charge in [-0.05, 0) is 57.1 Å². The zero-order chi connectivity index (χ0) is 19.2. The number of anilines is 1. The first-order valence-corrected chi connectivity index (χ1v) is 10.5. The summed E-state index contributed by atoms with van der Waals surface area (Å²) in [7, 11) is 0. The second kappa shape index (κ2) is 9.24. The number of nitrogens with two attached hydrogens (primary N) is 1. The molecule has 0 saturated carbocycles. The zero-order valence-corrected chi connectivity index (χ0v) is 17.2. The van der Waals surface area contributed by atoms with Gasteiger partial charge in [-0.3, -0.25) is 0 Å². The Labute approximate surface area is 165 Å². The van der Waals surface area contributed by atoms with Gasteiger partial charge in [-0.1, -0.05) is 18.2 Å². The largest absolute Gasteiger partial charge is 0.382 e. The summed E-state index contributed by atoms with van der Waals surface area (Å²) in [6, 6.07) is 10.6. The fourth-order valence-corrected chi connectivity index (χ4v) is 4.10. The Balaban J connectivity index is 1.73. The van der Waals surface area contributed by atoms with E-state index in [2.05, 4.69) is 46.8 Å². The van der Waals surface area contributed by atoms with E-state index in [4.69, 9.17) is 15.5 Å². The number of nitrogens with zero attached hydrogens (tertiary/aromatic N) is 3. The van der Waals surface area contributed by atoms with Crippen molar-refractivity contribution in [2.45, 2.75) is 51.7 Å². The summed E-state index contributed by atoms with van der Waals surface area (Å²) < 4.78 is 7.91. The Morgan fingerprint density at radius 2 is 1.89 bits per heavy atom. The maximum atomic E-state index is 6.15. The number of unbranched alkanes of at least 4 members (excludes halogenated alkanes) is 1. The van der Waals surface area contributed by atoms with Crippen molar-refractivity contribution < 1.29 is 4.74 Å². The molecule has 0 aliphatic heterocycles. The fourth-order valence-electron chi connectivity index (χ4n) is 3.17. The highest BCUT2D eigenvalue weighted by molar-refractivity contribution is 7.99. The van der Waals surface area contributed by atoms with E-state index < -0.39 is 0 Å². The van der Waals surface area contributed by atoms with Crippen molar-refractivity contribution in [1.29, 1.82) is 0 Å². The molecule has 2 aromatic heterocycles. The lowest BCUT2D eigenvalue weighted by Crippen LogP contribution is -2.07. The molecule has 0 fully saturated rings. The molecule has 0 unspecified atom stereocenters. The van der Waals surface area contributed by atoms with Crippen LogP contribution in [-0.4, -0.2) is 26.9 Å². The average molecular weight is 385 g/mol. The lowest BCUT2D eigenvalue weighted by molar-refractivity contribution is 0.126. The molecular formula is C21H28N4OS. The minimum atomic E-state index is 0.502. The molecule has 3 aromatic rings. The van der Waals surface area contributed by atoms with Gasteiger partial charge in [0.05, 0.1) is 5.52 Å². The first-order chi connectivity index (χ1) is 13.1. The molecule has 0 bridgehead atoms. The van der Waals surface area contributed by atoms with Crippen LogP contribution < -0.4 is 5.73 Å². The van der Waals surface area contributed by atoms with Crippen molar-refractivity contribution in [1.82, 2.24) is 14.5 Å². The molecule has 144 valence electrons. The van der Waals surface area contributed by atoms with Crippen LogP contribution in [0.4, 0.5) is 5.82 Å². The summed E-state index contributed by atoms with van der Waals surface area (Å²) in [6.45, 7) is 8.18. The summed E-state index contributed by atoms with van der Waals surface area (Å²) in [5, 5.41) is 0. The van der Waals surface area contributed by atoms with E-state index in [9.17, 15) is 0 Å². The molecule has 0 saturated heterocycles. The van der Waals surface area contributed by atoms with E-state index >= 15 is 0 Å². The minimum absolute atomic E-state index is 0.502. The van der Waals surface area contributed by atoms with Crippen LogP contribution in [0.15, 0.2) is 35.2 Å². The van der Waals surface area contributed by atoms with Gasteiger partial charge in [0.25, 0.3) is 0 Å². The number of ether oxygens (including phenoxy) is 1. The number of hydrogen-bond acceptors (Lipinski definition) is 5. The number of thioether (sulfide) groups is 1. The van der Waals surface area contributed by atoms with Crippen LogP contribution in [0.1, 0.15) is 36.8 Å². The number of aromatic nitrogens is 3. The van der Waals surface area contributed by atoms with Crippen LogP contribution in [-0.2, 0) is 17.9 Å². The Morgan fingerprint density at radius 3 is 2.63 bits per heavy atom. The van der Waals surface area contributed by atoms with Gasteiger partial charge in [-0.2, -0.15) is 0 Å². The maximum absolute atomic E-state index is 6.15. The summed E-state index contributed by atoms with van der Waals surface area (Å²) in [5.41, 5.74) is 10.2. The zero-order valence-electron chi connectivity index (χ0n) is 16.4. The molecule has 0 radical (unpaired) electrons. The molecule has 0 aliphatic carbocycles. The lowest BCUT2D eigenvalue weighted by Gasteiger charge is -2.12. The summed E-state index contributed by atoms with van der Waals surface area (Å²) in [6.07, 6.45) is 2.23. The van der Waals surface area contributed by atoms with Gasteiger partial charge < -0.3 is 15.0 Å². The Morgan fingerprint density at radius 1 is 1.11 bits per heavy atom. The third kappa shape index (κ3) is 4.62. The topological polar surface area (TPSA) is 66.0 Å². The van der Waals surface area contributed by atoms with Gasteiger partial charge in [-0.15, -0.1) is 11.8 Å². The first-order valence-electron chi connectivity index (χ1n) is 9.49. The number of benzene rings is 1.